The molecular formula is C17H18O6S. The summed E-state index contributed by atoms with van der Waals surface area (Å²) in [5.41, 5.74) is 0.0606. The Kier molecular flexibility index (Phi) is 5.58. The van der Waals surface area contributed by atoms with E-state index in [9.17, 15) is 22.9 Å². The number of benzene rings is 2. The van der Waals surface area contributed by atoms with Crippen LogP contribution < -0.4 is 4.74 Å². The third-order valence-electron chi connectivity index (χ3n) is 3.38. The number of carbonyl (C=O) groups excluding carboxylic acids is 1. The third kappa shape index (κ3) is 4.12. The van der Waals surface area contributed by atoms with Crippen molar-refractivity contribution < 1.29 is 27.6 Å². The van der Waals surface area contributed by atoms with Crippen molar-refractivity contribution in [2.75, 3.05) is 6.61 Å². The average molecular weight is 350 g/mol. The number of phenols is 1. The van der Waals surface area contributed by atoms with Crippen molar-refractivity contribution in [1.82, 2.24) is 0 Å². The minimum Gasteiger partial charge on any atom is -0.507 e. The smallest absolute Gasteiger partial charge is 0.298 e. The second-order valence-corrected chi connectivity index (χ2v) is 6.58. The summed E-state index contributed by atoms with van der Waals surface area (Å²) in [4.78, 5) is 11.9. The second-order valence-electron chi connectivity index (χ2n) is 5.19. The highest BCUT2D eigenvalue weighted by Crippen LogP contribution is 2.33. The first-order valence-corrected chi connectivity index (χ1v) is 8.85. The first-order chi connectivity index (χ1) is 11.3. The predicted octanol–water partition coefficient (Wildman–Crippen LogP) is 3.05. The molecule has 0 amide bonds. The number of unbranched alkanes of at least 4 members (excludes halogenated alkanes) is 1. The quantitative estimate of drug-likeness (QED) is 0.452. The van der Waals surface area contributed by atoms with Crippen LogP contribution in [0, 0.1) is 0 Å². The molecule has 0 aromatic heterocycles. The van der Waals surface area contributed by atoms with Gasteiger partial charge in [0.2, 0.25) is 0 Å². The number of rotatable bonds is 7. The summed E-state index contributed by atoms with van der Waals surface area (Å²) in [6.45, 7) is 2.16. The summed E-state index contributed by atoms with van der Waals surface area (Å²) in [7, 11) is -4.61. The molecule has 0 aliphatic carbocycles. The van der Waals surface area contributed by atoms with Gasteiger partial charge >= 0.3 is 0 Å². The molecule has 0 aliphatic rings. The van der Waals surface area contributed by atoms with E-state index in [0.29, 0.717) is 6.42 Å². The van der Waals surface area contributed by atoms with Crippen LogP contribution in [0.5, 0.6) is 11.5 Å². The van der Waals surface area contributed by atoms with E-state index >= 15 is 0 Å². The molecule has 0 heterocycles. The van der Waals surface area contributed by atoms with Crippen molar-refractivity contribution in [1.29, 1.82) is 0 Å². The molecule has 24 heavy (non-hydrogen) atoms. The van der Waals surface area contributed by atoms with E-state index in [1.807, 2.05) is 6.92 Å². The molecule has 7 heteroatoms. The molecule has 0 radical (unpaired) electrons. The van der Waals surface area contributed by atoms with Gasteiger partial charge in [-0.1, -0.05) is 43.7 Å². The number of ether oxygens (including phenoxy) is 1. The maximum Gasteiger partial charge on any atom is 0.298 e. The molecule has 0 spiro atoms. The topological polar surface area (TPSA) is 101 Å². The maximum atomic E-state index is 12.4. The summed E-state index contributed by atoms with van der Waals surface area (Å²) >= 11 is 0. The van der Waals surface area contributed by atoms with Crippen molar-refractivity contribution in [3.05, 3.63) is 53.6 Å². The van der Waals surface area contributed by atoms with Gasteiger partial charge in [0, 0.05) is 11.6 Å². The van der Waals surface area contributed by atoms with Gasteiger partial charge < -0.3 is 9.84 Å². The fraction of sp³-hybridized carbons (Fsp3) is 0.235. The second kappa shape index (κ2) is 7.46. The molecule has 0 fully saturated rings. The number of aromatic hydroxyl groups is 1. The van der Waals surface area contributed by atoms with Crippen LogP contribution in [-0.2, 0) is 10.1 Å². The molecule has 2 rings (SSSR count). The molecule has 0 unspecified atom stereocenters. The SMILES string of the molecule is CCCCOc1cc(O)c(C(=O)c2ccccc2)cc1S(=O)(=O)O. The van der Waals surface area contributed by atoms with Crippen molar-refractivity contribution in [3.8, 4) is 11.5 Å². The molecule has 0 saturated heterocycles. The van der Waals surface area contributed by atoms with E-state index in [4.69, 9.17) is 4.74 Å². The molecule has 6 nitrogen and oxygen atoms in total. The number of carbonyl (C=O) groups is 1. The van der Waals surface area contributed by atoms with Crippen LogP contribution >= 0.6 is 0 Å². The number of hydrogen-bond acceptors (Lipinski definition) is 5. The monoisotopic (exact) mass is 350 g/mol. The Morgan fingerprint density at radius 3 is 2.42 bits per heavy atom. The zero-order chi connectivity index (χ0) is 17.7. The molecule has 0 bridgehead atoms. The number of ketones is 1. The Morgan fingerprint density at radius 1 is 1.17 bits per heavy atom. The lowest BCUT2D eigenvalue weighted by molar-refractivity contribution is 0.103. The number of hydrogen-bond donors (Lipinski definition) is 2. The van der Waals surface area contributed by atoms with E-state index in [2.05, 4.69) is 0 Å². The maximum absolute atomic E-state index is 12.4. The minimum absolute atomic E-state index is 0.187. The Hall–Kier alpha value is -2.38. The average Bonchev–Trinajstić information content (AvgIpc) is 2.54. The van der Waals surface area contributed by atoms with Gasteiger partial charge in [-0.15, -0.1) is 0 Å². The highest BCUT2D eigenvalue weighted by Gasteiger charge is 2.23. The Balaban J connectivity index is 2.49. The molecule has 128 valence electrons. The van der Waals surface area contributed by atoms with Crippen LogP contribution in [0.15, 0.2) is 47.4 Å². The van der Waals surface area contributed by atoms with E-state index in [0.717, 1.165) is 18.6 Å². The van der Waals surface area contributed by atoms with Crippen molar-refractivity contribution in [2.45, 2.75) is 24.7 Å². The first-order valence-electron chi connectivity index (χ1n) is 7.41. The predicted molar refractivity (Wildman–Crippen MR) is 88.2 cm³/mol. The van der Waals surface area contributed by atoms with Gasteiger partial charge in [-0.2, -0.15) is 8.42 Å². The van der Waals surface area contributed by atoms with Crippen LogP contribution in [-0.4, -0.2) is 30.5 Å². The summed E-state index contributed by atoms with van der Waals surface area (Å²) in [6, 6.07) is 10.1. The fourth-order valence-corrected chi connectivity index (χ4v) is 2.76. The lowest BCUT2D eigenvalue weighted by atomic mass is 10.0. The van der Waals surface area contributed by atoms with Gasteiger partial charge in [-0.05, 0) is 12.5 Å². The van der Waals surface area contributed by atoms with Gasteiger partial charge in [0.15, 0.2) is 5.78 Å². The van der Waals surface area contributed by atoms with Crippen molar-refractivity contribution in [2.24, 2.45) is 0 Å². The number of phenolic OH excluding ortho intramolecular Hbond substituents is 1. The van der Waals surface area contributed by atoms with Gasteiger partial charge in [-0.25, -0.2) is 0 Å². The Labute approximate surface area is 140 Å². The van der Waals surface area contributed by atoms with E-state index in [1.54, 1.807) is 30.3 Å². The van der Waals surface area contributed by atoms with Crippen LogP contribution in [0.3, 0.4) is 0 Å². The molecule has 0 saturated carbocycles. The van der Waals surface area contributed by atoms with Gasteiger partial charge in [0.25, 0.3) is 10.1 Å². The normalized spacial score (nSPS) is 11.2. The molecule has 2 aromatic rings. The zero-order valence-corrected chi connectivity index (χ0v) is 13.9. The molecular weight excluding hydrogens is 332 g/mol. The van der Waals surface area contributed by atoms with Crippen LogP contribution in [0.25, 0.3) is 0 Å². The van der Waals surface area contributed by atoms with E-state index < -0.39 is 26.5 Å². The van der Waals surface area contributed by atoms with Gasteiger partial charge in [-0.3, -0.25) is 9.35 Å². The summed E-state index contributed by atoms with van der Waals surface area (Å²) in [5.74, 6) is -1.16. The Bertz CT molecular complexity index is 828. The standard InChI is InChI=1S/C17H18O6S/c1-2-3-9-23-15-11-14(18)13(10-16(15)24(20,21)22)17(19)12-7-5-4-6-8-12/h4-8,10-11,18H,2-3,9H2,1H3,(H,20,21,22). The highest BCUT2D eigenvalue weighted by molar-refractivity contribution is 7.86. The summed E-state index contributed by atoms with van der Waals surface area (Å²) in [5, 5.41) is 10.1. The van der Waals surface area contributed by atoms with Crippen LogP contribution in [0.4, 0.5) is 0 Å². The summed E-state index contributed by atoms with van der Waals surface area (Å²) < 4.78 is 37.9. The van der Waals surface area contributed by atoms with E-state index in [1.165, 1.54) is 0 Å². The molecule has 0 aliphatic heterocycles. The Morgan fingerprint density at radius 2 is 1.83 bits per heavy atom. The van der Waals surface area contributed by atoms with E-state index in [-0.39, 0.29) is 23.5 Å². The zero-order valence-electron chi connectivity index (χ0n) is 13.1. The largest absolute Gasteiger partial charge is 0.507 e. The molecule has 2 aromatic carbocycles. The lowest BCUT2D eigenvalue weighted by Gasteiger charge is -2.12. The minimum atomic E-state index is -4.61. The van der Waals surface area contributed by atoms with Crippen LogP contribution in [0.2, 0.25) is 0 Å². The van der Waals surface area contributed by atoms with Gasteiger partial charge in [0.05, 0.1) is 12.2 Å². The lowest BCUT2D eigenvalue weighted by Crippen LogP contribution is -2.08. The van der Waals surface area contributed by atoms with Crippen LogP contribution in [0.1, 0.15) is 35.7 Å². The van der Waals surface area contributed by atoms with Crippen molar-refractivity contribution >= 4 is 15.9 Å². The first kappa shape index (κ1) is 18.0. The third-order valence-corrected chi connectivity index (χ3v) is 4.25. The van der Waals surface area contributed by atoms with Gasteiger partial charge in [0.1, 0.15) is 16.4 Å². The molecule has 0 atom stereocenters. The fourth-order valence-electron chi connectivity index (χ4n) is 2.12. The summed E-state index contributed by atoms with van der Waals surface area (Å²) in [6.07, 6.45) is 1.51. The molecule has 2 N–H and O–H groups in total. The highest BCUT2D eigenvalue weighted by atomic mass is 32.2. The van der Waals surface area contributed by atoms with Crippen molar-refractivity contribution in [3.63, 3.8) is 0 Å².